The molecule has 0 aliphatic rings. The summed E-state index contributed by atoms with van der Waals surface area (Å²) in [4.78, 5) is 0. The maximum atomic E-state index is 11.1. The van der Waals surface area contributed by atoms with Gasteiger partial charge in [0.2, 0.25) is 0 Å². The van der Waals surface area contributed by atoms with Gasteiger partial charge in [-0.3, -0.25) is 0 Å². The van der Waals surface area contributed by atoms with Crippen LogP contribution in [-0.4, -0.2) is 36.4 Å². The summed E-state index contributed by atoms with van der Waals surface area (Å²) in [5.41, 5.74) is 0. The van der Waals surface area contributed by atoms with Gasteiger partial charge in [0, 0.05) is 0 Å². The zero-order valence-corrected chi connectivity index (χ0v) is 7.51. The number of hydrogen-bond donors (Lipinski definition) is 0. The number of alkyl halides is 6. The van der Waals surface area contributed by atoms with Gasteiger partial charge in [-0.05, 0) is 0 Å². The normalized spacial score (nSPS) is 13.8. The number of rotatable bonds is 1. The molecule has 0 unspecified atom stereocenters. The van der Waals surface area contributed by atoms with Gasteiger partial charge in [0.25, 0.3) is 0 Å². The van der Waals surface area contributed by atoms with Gasteiger partial charge in [0.1, 0.15) is 0 Å². The van der Waals surface area contributed by atoms with Crippen molar-refractivity contribution in [3.05, 3.63) is 0 Å². The van der Waals surface area contributed by atoms with Gasteiger partial charge in [0.05, 0.1) is 0 Å². The molecule has 0 saturated carbocycles. The standard InChI is InChI=1S/C2F6Se2/c3-1(4,5)9-10-2(6,7)8. The summed E-state index contributed by atoms with van der Waals surface area (Å²) >= 11 is -4.53. The van der Waals surface area contributed by atoms with Gasteiger partial charge in [-0.15, -0.1) is 0 Å². The van der Waals surface area contributed by atoms with Crippen molar-refractivity contribution < 1.29 is 26.3 Å². The monoisotopic (exact) mass is 298 g/mol. The van der Waals surface area contributed by atoms with E-state index >= 15 is 0 Å². The first-order valence-electron chi connectivity index (χ1n) is 1.71. The molecule has 0 radical (unpaired) electrons. The maximum absolute atomic E-state index is 11.1. The summed E-state index contributed by atoms with van der Waals surface area (Å²) in [6, 6.07) is 0. The molecule has 0 atom stereocenters. The molecule has 0 rings (SSSR count). The summed E-state index contributed by atoms with van der Waals surface area (Å²) in [6.07, 6.45) is 0. The predicted molar refractivity (Wildman–Crippen MR) is 23.6 cm³/mol. The van der Waals surface area contributed by atoms with Crippen LogP contribution >= 0.6 is 0 Å². The second-order valence-corrected chi connectivity index (χ2v) is 7.33. The number of hydrogen-bond acceptors (Lipinski definition) is 0. The average Bonchev–Trinajstić information content (AvgIpc) is 1.57. The van der Waals surface area contributed by atoms with Crippen molar-refractivity contribution >= 4 is 26.3 Å². The molecule has 62 valence electrons. The summed E-state index contributed by atoms with van der Waals surface area (Å²) in [6.45, 7) is 0. The summed E-state index contributed by atoms with van der Waals surface area (Å²) in [5, 5.41) is -9.24. The van der Waals surface area contributed by atoms with E-state index in [1.54, 1.807) is 0 Å². The molecule has 0 aliphatic carbocycles. The minimum absolute atomic E-state index is 2.27. The van der Waals surface area contributed by atoms with E-state index in [1.807, 2.05) is 0 Å². The molecular weight excluding hydrogens is 296 g/mol. The van der Waals surface area contributed by atoms with Crippen LogP contribution in [0, 0.1) is 0 Å². The topological polar surface area (TPSA) is 0 Å². The van der Waals surface area contributed by atoms with Crippen molar-refractivity contribution in [3.63, 3.8) is 0 Å². The fourth-order valence-electron chi connectivity index (χ4n) is 0.0945. The van der Waals surface area contributed by atoms with Crippen LogP contribution in [-0.2, 0) is 0 Å². The Hall–Kier alpha value is 0.619. The Balaban J connectivity index is 3.56. The van der Waals surface area contributed by atoms with Crippen LogP contribution in [0.1, 0.15) is 0 Å². The van der Waals surface area contributed by atoms with Crippen molar-refractivity contribution in [1.82, 2.24) is 0 Å². The predicted octanol–water partition coefficient (Wildman–Crippen LogP) is 1.35. The van der Waals surface area contributed by atoms with E-state index in [9.17, 15) is 26.3 Å². The van der Waals surface area contributed by atoms with E-state index in [0.717, 1.165) is 0 Å². The third kappa shape index (κ3) is 8.62. The van der Waals surface area contributed by atoms with E-state index < -0.39 is 36.4 Å². The molecule has 0 aromatic heterocycles. The molecule has 8 heteroatoms. The van der Waals surface area contributed by atoms with E-state index in [1.165, 1.54) is 0 Å². The Kier molecular flexibility index (Phi) is 3.55. The van der Waals surface area contributed by atoms with Crippen LogP contribution in [0.3, 0.4) is 0 Å². The fourth-order valence-corrected chi connectivity index (χ4v) is 2.55. The van der Waals surface area contributed by atoms with Gasteiger partial charge in [-0.1, -0.05) is 0 Å². The van der Waals surface area contributed by atoms with Crippen LogP contribution < -0.4 is 0 Å². The molecule has 0 fully saturated rings. The molecule has 0 nitrogen and oxygen atoms in total. The Morgan fingerprint density at radius 1 is 0.600 bits per heavy atom. The summed E-state index contributed by atoms with van der Waals surface area (Å²) in [5.74, 6) is 0. The molecule has 10 heavy (non-hydrogen) atoms. The molecular formula is C2F6Se2. The van der Waals surface area contributed by atoms with Gasteiger partial charge in [0.15, 0.2) is 0 Å². The van der Waals surface area contributed by atoms with Crippen molar-refractivity contribution in [2.75, 3.05) is 0 Å². The third-order valence-corrected chi connectivity index (χ3v) is 6.23. The number of halogens is 6. The third-order valence-electron chi connectivity index (χ3n) is 0.231. The second-order valence-electron chi connectivity index (χ2n) is 1.06. The molecule has 0 aromatic carbocycles. The Labute approximate surface area is 63.2 Å². The quantitative estimate of drug-likeness (QED) is 0.506. The van der Waals surface area contributed by atoms with Crippen LogP contribution in [0.25, 0.3) is 0 Å². The average molecular weight is 296 g/mol. The van der Waals surface area contributed by atoms with Crippen molar-refractivity contribution in [1.29, 1.82) is 0 Å². The molecule has 0 aliphatic heterocycles. The van der Waals surface area contributed by atoms with Gasteiger partial charge in [-0.2, -0.15) is 0 Å². The first-order valence-corrected chi connectivity index (χ1v) is 7.76. The zero-order chi connectivity index (χ0) is 8.41. The van der Waals surface area contributed by atoms with Crippen LogP contribution in [0.4, 0.5) is 26.3 Å². The Morgan fingerprint density at radius 2 is 0.800 bits per heavy atom. The molecule has 0 aromatic rings. The summed E-state index contributed by atoms with van der Waals surface area (Å²) < 4.78 is 66.8. The van der Waals surface area contributed by atoms with E-state index in [-0.39, 0.29) is 0 Å². The summed E-state index contributed by atoms with van der Waals surface area (Å²) in [7, 11) is 0. The Morgan fingerprint density at radius 3 is 0.900 bits per heavy atom. The van der Waals surface area contributed by atoms with Crippen LogP contribution in [0.2, 0.25) is 0 Å². The first-order chi connectivity index (χ1) is 4.21. The first kappa shape index (κ1) is 10.6. The van der Waals surface area contributed by atoms with Gasteiger partial charge in [-0.25, -0.2) is 0 Å². The van der Waals surface area contributed by atoms with E-state index in [2.05, 4.69) is 0 Å². The van der Waals surface area contributed by atoms with Crippen molar-refractivity contribution in [2.45, 2.75) is 10.1 Å². The van der Waals surface area contributed by atoms with Crippen molar-refractivity contribution in [3.8, 4) is 0 Å². The van der Waals surface area contributed by atoms with Crippen molar-refractivity contribution in [2.24, 2.45) is 0 Å². The van der Waals surface area contributed by atoms with E-state index in [4.69, 9.17) is 0 Å². The minimum atomic E-state index is -4.62. The van der Waals surface area contributed by atoms with Gasteiger partial charge >= 0.3 is 62.8 Å². The van der Waals surface area contributed by atoms with Crippen LogP contribution in [0.15, 0.2) is 0 Å². The molecule has 0 bridgehead atoms. The SMILES string of the molecule is FC(F)(F)[Se][Se]C(F)(F)F. The van der Waals surface area contributed by atoms with E-state index in [0.29, 0.717) is 0 Å². The Bertz CT molecular complexity index is 87.3. The van der Waals surface area contributed by atoms with Crippen LogP contribution in [0.5, 0.6) is 0 Å². The van der Waals surface area contributed by atoms with Gasteiger partial charge < -0.3 is 0 Å². The zero-order valence-electron chi connectivity index (χ0n) is 4.08. The second kappa shape index (κ2) is 3.34. The molecule has 0 saturated heterocycles. The molecule has 0 amide bonds. The fraction of sp³-hybridized carbons (Fsp3) is 1.00. The molecule has 0 heterocycles. The molecule has 0 spiro atoms. The molecule has 0 N–H and O–H groups in total.